The average molecular weight is 251 g/mol. The molecule has 94 valence electrons. The van der Waals surface area contributed by atoms with Crippen molar-refractivity contribution < 1.29 is 9.53 Å². The van der Waals surface area contributed by atoms with Crippen molar-refractivity contribution in [3.63, 3.8) is 0 Å². The summed E-state index contributed by atoms with van der Waals surface area (Å²) >= 11 is 0. The van der Waals surface area contributed by atoms with E-state index in [1.807, 2.05) is 36.4 Å². The monoisotopic (exact) mass is 251 g/mol. The Morgan fingerprint density at radius 2 is 1.79 bits per heavy atom. The largest absolute Gasteiger partial charge is 0.455 e. The summed E-state index contributed by atoms with van der Waals surface area (Å²) in [6.07, 6.45) is 4.06. The van der Waals surface area contributed by atoms with Crippen LogP contribution in [-0.4, -0.2) is 6.08 Å². The number of hydrogen-bond donors (Lipinski definition) is 0. The van der Waals surface area contributed by atoms with Crippen LogP contribution in [0, 0.1) is 0 Å². The van der Waals surface area contributed by atoms with Crippen LogP contribution in [-0.2, 0) is 11.2 Å². The molecule has 0 radical (unpaired) electrons. The van der Waals surface area contributed by atoms with Crippen LogP contribution >= 0.6 is 0 Å². The number of hydrogen-bond acceptors (Lipinski definition) is 3. The number of aliphatic imine (C=N–C) groups is 1. The Kier molecular flexibility index (Phi) is 4.27. The van der Waals surface area contributed by atoms with Gasteiger partial charge in [0, 0.05) is 0 Å². The quantitative estimate of drug-likeness (QED) is 0.454. The van der Waals surface area contributed by atoms with Gasteiger partial charge in [-0.1, -0.05) is 36.4 Å². The first-order valence-electron chi connectivity index (χ1n) is 5.88. The van der Waals surface area contributed by atoms with Crippen LogP contribution in [0.4, 0.5) is 5.69 Å². The summed E-state index contributed by atoms with van der Waals surface area (Å²) in [5, 5.41) is 0. The zero-order valence-corrected chi connectivity index (χ0v) is 10.4. The molecular formula is C16H13NO2. The number of para-hydroxylation sites is 3. The summed E-state index contributed by atoms with van der Waals surface area (Å²) in [5.74, 6) is 1.26. The van der Waals surface area contributed by atoms with E-state index in [1.165, 1.54) is 6.08 Å². The van der Waals surface area contributed by atoms with Gasteiger partial charge in [-0.05, 0) is 30.2 Å². The van der Waals surface area contributed by atoms with Crippen LogP contribution in [0.5, 0.6) is 11.5 Å². The molecule has 0 N–H and O–H groups in total. The second kappa shape index (κ2) is 6.34. The van der Waals surface area contributed by atoms with Gasteiger partial charge in [-0.3, -0.25) is 0 Å². The third kappa shape index (κ3) is 3.18. The van der Waals surface area contributed by atoms with Gasteiger partial charge in [0.1, 0.15) is 11.4 Å². The Balaban J connectivity index is 2.36. The molecule has 0 atom stereocenters. The molecule has 0 saturated carbocycles. The van der Waals surface area contributed by atoms with E-state index in [-0.39, 0.29) is 0 Å². The van der Waals surface area contributed by atoms with E-state index >= 15 is 0 Å². The third-order valence-electron chi connectivity index (χ3n) is 2.59. The molecule has 3 heteroatoms. The maximum atomic E-state index is 10.4. The number of isocyanates is 1. The smallest absolute Gasteiger partial charge is 0.240 e. The molecule has 0 saturated heterocycles. The lowest BCUT2D eigenvalue weighted by Gasteiger charge is -2.11. The van der Waals surface area contributed by atoms with Crippen LogP contribution in [0.1, 0.15) is 5.56 Å². The van der Waals surface area contributed by atoms with Crippen LogP contribution < -0.4 is 4.74 Å². The summed E-state index contributed by atoms with van der Waals surface area (Å²) in [4.78, 5) is 14.0. The molecule has 0 heterocycles. The van der Waals surface area contributed by atoms with E-state index in [4.69, 9.17) is 4.74 Å². The second-order valence-electron chi connectivity index (χ2n) is 3.87. The minimum absolute atomic E-state index is 0.464. The predicted octanol–water partition coefficient (Wildman–Crippen LogP) is 4.17. The first-order chi connectivity index (χ1) is 9.35. The van der Waals surface area contributed by atoms with Gasteiger partial charge in [-0.15, -0.1) is 6.58 Å². The molecule has 0 unspecified atom stereocenters. The summed E-state index contributed by atoms with van der Waals surface area (Å²) in [5.41, 5.74) is 1.49. The van der Waals surface area contributed by atoms with Gasteiger partial charge in [0.2, 0.25) is 6.08 Å². The summed E-state index contributed by atoms with van der Waals surface area (Å²) in [7, 11) is 0. The molecule has 0 bridgehead atoms. The van der Waals surface area contributed by atoms with E-state index in [0.29, 0.717) is 11.4 Å². The molecular weight excluding hydrogens is 238 g/mol. The van der Waals surface area contributed by atoms with E-state index in [1.54, 1.807) is 18.2 Å². The lowest BCUT2D eigenvalue weighted by molar-refractivity contribution is 0.479. The lowest BCUT2D eigenvalue weighted by Crippen LogP contribution is -1.90. The Morgan fingerprint density at radius 3 is 2.53 bits per heavy atom. The standard InChI is InChI=1S/C16H13NO2/c1-2-7-13-8-3-5-10-15(13)19-16-11-6-4-9-14(16)17-12-18/h2-6,8-11H,1,7H2. The topological polar surface area (TPSA) is 38.7 Å². The van der Waals surface area contributed by atoms with Crippen molar-refractivity contribution in [2.45, 2.75) is 6.42 Å². The van der Waals surface area contributed by atoms with Crippen LogP contribution in [0.15, 0.2) is 66.2 Å². The normalized spacial score (nSPS) is 9.47. The molecule has 2 rings (SSSR count). The highest BCUT2D eigenvalue weighted by molar-refractivity contribution is 5.58. The molecule has 19 heavy (non-hydrogen) atoms. The number of benzene rings is 2. The fourth-order valence-electron chi connectivity index (χ4n) is 1.73. The summed E-state index contributed by atoms with van der Waals surface area (Å²) in [6.45, 7) is 3.73. The van der Waals surface area contributed by atoms with Gasteiger partial charge >= 0.3 is 0 Å². The zero-order chi connectivity index (χ0) is 13.5. The molecule has 0 aliphatic rings. The highest BCUT2D eigenvalue weighted by atomic mass is 16.5. The number of ether oxygens (including phenoxy) is 1. The third-order valence-corrected chi connectivity index (χ3v) is 2.59. The minimum Gasteiger partial charge on any atom is -0.455 e. The Labute approximate surface area is 111 Å². The fourth-order valence-corrected chi connectivity index (χ4v) is 1.73. The highest BCUT2D eigenvalue weighted by Crippen LogP contribution is 2.32. The van der Waals surface area contributed by atoms with Crippen molar-refractivity contribution in [2.75, 3.05) is 0 Å². The van der Waals surface area contributed by atoms with Crippen molar-refractivity contribution in [1.29, 1.82) is 0 Å². The number of allylic oxidation sites excluding steroid dienone is 1. The highest BCUT2D eigenvalue weighted by Gasteiger charge is 2.06. The van der Waals surface area contributed by atoms with Crippen LogP contribution in [0.25, 0.3) is 0 Å². The maximum absolute atomic E-state index is 10.4. The molecule has 2 aromatic rings. The molecule has 0 fully saturated rings. The number of carbonyl (C=O) groups excluding carboxylic acids is 1. The van der Waals surface area contributed by atoms with Crippen molar-refractivity contribution in [1.82, 2.24) is 0 Å². The van der Waals surface area contributed by atoms with Crippen molar-refractivity contribution in [2.24, 2.45) is 4.99 Å². The molecule has 0 aromatic heterocycles. The number of rotatable bonds is 5. The van der Waals surface area contributed by atoms with Crippen LogP contribution in [0.2, 0.25) is 0 Å². The van der Waals surface area contributed by atoms with E-state index < -0.39 is 0 Å². The Hall–Kier alpha value is -2.64. The fraction of sp³-hybridized carbons (Fsp3) is 0.0625. The van der Waals surface area contributed by atoms with E-state index in [2.05, 4.69) is 11.6 Å². The van der Waals surface area contributed by atoms with Gasteiger partial charge in [0.15, 0.2) is 5.75 Å². The first kappa shape index (κ1) is 12.8. The molecule has 0 amide bonds. The van der Waals surface area contributed by atoms with Gasteiger partial charge in [-0.2, -0.15) is 4.99 Å². The molecule has 3 nitrogen and oxygen atoms in total. The Morgan fingerprint density at radius 1 is 1.11 bits per heavy atom. The summed E-state index contributed by atoms with van der Waals surface area (Å²) < 4.78 is 5.83. The van der Waals surface area contributed by atoms with Gasteiger partial charge in [0.05, 0.1) is 0 Å². The van der Waals surface area contributed by atoms with Crippen LogP contribution in [0.3, 0.4) is 0 Å². The SMILES string of the molecule is C=CCc1ccccc1Oc1ccccc1N=C=O. The van der Waals surface area contributed by atoms with Crippen molar-refractivity contribution in [3.8, 4) is 11.5 Å². The Bertz CT molecular complexity index is 628. The van der Waals surface area contributed by atoms with Crippen molar-refractivity contribution in [3.05, 3.63) is 66.7 Å². The van der Waals surface area contributed by atoms with Gasteiger partial charge < -0.3 is 4.74 Å². The van der Waals surface area contributed by atoms with Gasteiger partial charge in [-0.25, -0.2) is 4.79 Å². The zero-order valence-electron chi connectivity index (χ0n) is 10.4. The molecule has 0 aliphatic heterocycles. The molecule has 0 spiro atoms. The number of nitrogens with zero attached hydrogens (tertiary/aromatic N) is 1. The predicted molar refractivity (Wildman–Crippen MR) is 74.6 cm³/mol. The lowest BCUT2D eigenvalue weighted by atomic mass is 10.1. The summed E-state index contributed by atoms with van der Waals surface area (Å²) in [6, 6.07) is 14.8. The van der Waals surface area contributed by atoms with Crippen molar-refractivity contribution >= 4 is 11.8 Å². The average Bonchev–Trinajstić information content (AvgIpc) is 2.44. The molecule has 2 aromatic carbocycles. The first-order valence-corrected chi connectivity index (χ1v) is 5.88. The second-order valence-corrected chi connectivity index (χ2v) is 3.87. The maximum Gasteiger partial charge on any atom is 0.240 e. The molecule has 0 aliphatic carbocycles. The van der Waals surface area contributed by atoms with E-state index in [0.717, 1.165) is 17.7 Å². The minimum atomic E-state index is 0.464. The van der Waals surface area contributed by atoms with E-state index in [9.17, 15) is 4.79 Å². The van der Waals surface area contributed by atoms with Gasteiger partial charge in [0.25, 0.3) is 0 Å².